The predicted molar refractivity (Wildman–Crippen MR) is 366 cm³/mol. The maximum atomic E-state index is 14.2. The van der Waals surface area contributed by atoms with Crippen LogP contribution in [0.1, 0.15) is 297 Å². The molecule has 2 fully saturated rings. The maximum Gasteiger partial charge on any atom is 0.470 e. The smallest absolute Gasteiger partial charge is 0.393 e. The quantitative estimate of drug-likeness (QED) is 0.0169. The first-order valence-electron chi connectivity index (χ1n) is 37.2. The molecule has 2 saturated heterocycles. The average Bonchev–Trinajstić information content (AvgIpc) is 0.823. The molecule has 1 amide bonds. The third-order valence-corrected chi connectivity index (χ3v) is 18.9. The molecule has 0 aromatic carbocycles. The summed E-state index contributed by atoms with van der Waals surface area (Å²) in [6, 6.07) is -1.23. The molecule has 2 heterocycles. The van der Waals surface area contributed by atoms with Gasteiger partial charge in [0.2, 0.25) is 5.91 Å². The van der Waals surface area contributed by atoms with Crippen LogP contribution in [0.3, 0.4) is 0 Å². The van der Waals surface area contributed by atoms with Crippen molar-refractivity contribution in [1.29, 1.82) is 0 Å². The number of carbonyl (C=O) groups is 1. The van der Waals surface area contributed by atoms with Crippen LogP contribution in [0, 0.1) is 0 Å². The molecule has 2 aliphatic heterocycles. The van der Waals surface area contributed by atoms with Crippen molar-refractivity contribution in [3.63, 3.8) is 0 Å². The number of phosphoric acid groups is 2. The highest BCUT2D eigenvalue weighted by Gasteiger charge is 2.53. The number of ether oxygens (including phenoxy) is 9. The van der Waals surface area contributed by atoms with E-state index >= 15 is 0 Å². The molecule has 0 radical (unpaired) electrons. The van der Waals surface area contributed by atoms with Gasteiger partial charge in [-0.3, -0.25) is 13.8 Å². The van der Waals surface area contributed by atoms with Crippen molar-refractivity contribution in [3.8, 4) is 0 Å². The number of phosphoric ester groups is 2. The van der Waals surface area contributed by atoms with E-state index in [0.29, 0.717) is 25.7 Å². The highest BCUT2D eigenvalue weighted by atomic mass is 31.2. The first-order chi connectivity index (χ1) is 45.0. The number of aliphatic hydroxyl groups is 2. The lowest BCUT2D eigenvalue weighted by Crippen LogP contribution is -2.67. The van der Waals surface area contributed by atoms with Gasteiger partial charge in [-0.1, -0.05) is 239 Å². The second kappa shape index (κ2) is 57.7. The first-order valence-corrected chi connectivity index (χ1v) is 40.2. The molecule has 0 saturated carbocycles. The van der Waals surface area contributed by atoms with Gasteiger partial charge in [0.25, 0.3) is 0 Å². The lowest BCUT2D eigenvalue weighted by molar-refractivity contribution is -0.331. The third kappa shape index (κ3) is 45.4. The summed E-state index contributed by atoms with van der Waals surface area (Å²) < 4.78 is 91.7. The average molecular weight is 1370 g/mol. The molecule has 0 aromatic rings. The van der Waals surface area contributed by atoms with Crippen molar-refractivity contribution in [3.05, 3.63) is 12.2 Å². The zero-order valence-corrected chi connectivity index (χ0v) is 60.8. The highest BCUT2D eigenvalue weighted by Crippen LogP contribution is 2.43. The van der Waals surface area contributed by atoms with E-state index in [1.165, 1.54) is 103 Å². The molecule has 7 N–H and O–H groups in total. The minimum atomic E-state index is -5.23. The van der Waals surface area contributed by atoms with E-state index in [-0.39, 0.29) is 57.9 Å². The highest BCUT2D eigenvalue weighted by molar-refractivity contribution is 7.46. The number of methoxy groups -OCH3 is 2. The molecule has 23 heteroatoms. The van der Waals surface area contributed by atoms with Gasteiger partial charge < -0.3 is 77.7 Å². The Hall–Kier alpha value is -1.01. The van der Waals surface area contributed by atoms with E-state index in [9.17, 15) is 43.7 Å². The van der Waals surface area contributed by atoms with Crippen molar-refractivity contribution in [1.82, 2.24) is 5.32 Å². The first kappa shape index (κ1) is 88.1. The van der Waals surface area contributed by atoms with Gasteiger partial charge in [0, 0.05) is 40.5 Å². The van der Waals surface area contributed by atoms with Crippen molar-refractivity contribution in [2.75, 3.05) is 60.5 Å². The number of allylic oxidation sites excluding steroid dienone is 2. The number of aliphatic hydroxyl groups excluding tert-OH is 2. The van der Waals surface area contributed by atoms with Crippen molar-refractivity contribution in [2.45, 2.75) is 371 Å². The van der Waals surface area contributed by atoms with Crippen molar-refractivity contribution < 1.29 is 95.4 Å². The monoisotopic (exact) mass is 1370 g/mol. The minimum Gasteiger partial charge on any atom is -0.393 e. The summed E-state index contributed by atoms with van der Waals surface area (Å²) in [5.74, 6) is -0.368. The Bertz CT molecular complexity index is 1850. The summed E-state index contributed by atoms with van der Waals surface area (Å²) in [7, 11) is -7.07. The number of hydrogen-bond acceptors (Lipinski definition) is 16. The standard InChI is InChI=1S/C70H137NO20P2/c1-7-11-15-19-22-25-27-28-29-30-31-33-36-40-44-48-62(73)71-63-66(84-53-50-59(82-6)47-43-38-18-14-10-4)65(91-93(78,79)80)61(56-81-5)90-69(63)87-57-60-64(74)67(83-51-45-41-37-34-26-23-20-16-12-8-2)68(70(89-60)86-54-55-88-92(75,76)77)85-52-49-58(72)46-42-39-35-32-24-21-17-13-9-3/h25,27,58-61,63-70,72,74H,7-24,26,28-57H2,1-6H3,(H,71,73)(H2,75,76,77)(H2,78,79,80)/b27-25-/t58-,59-,60-,61-,63-,64-,65-,66-,67+,68-,69-,70+/m1/s1. The van der Waals surface area contributed by atoms with Gasteiger partial charge in [-0.25, -0.2) is 9.13 Å². The Morgan fingerprint density at radius 3 is 1.47 bits per heavy atom. The molecule has 2 aliphatic rings. The van der Waals surface area contributed by atoms with Gasteiger partial charge in [0.1, 0.15) is 48.8 Å². The largest absolute Gasteiger partial charge is 0.470 e. The minimum absolute atomic E-state index is 0.0520. The summed E-state index contributed by atoms with van der Waals surface area (Å²) in [5, 5.41) is 26.6. The zero-order chi connectivity index (χ0) is 68.1. The Balaban J connectivity index is 2.47. The molecule has 21 nitrogen and oxygen atoms in total. The molecule has 2 rings (SSSR count). The lowest BCUT2D eigenvalue weighted by atomic mass is 9.95. The van der Waals surface area contributed by atoms with Crippen molar-refractivity contribution in [2.24, 2.45) is 0 Å². The van der Waals surface area contributed by atoms with E-state index in [1.54, 1.807) is 7.11 Å². The normalized spacial score (nSPS) is 22.9. The number of nitrogens with one attached hydrogen (secondary N) is 1. The number of rotatable bonds is 65. The maximum absolute atomic E-state index is 14.2. The number of hydrogen-bond donors (Lipinski definition) is 7. The van der Waals surface area contributed by atoms with Crippen LogP contribution in [0.25, 0.3) is 0 Å². The van der Waals surface area contributed by atoms with Crippen molar-refractivity contribution >= 4 is 21.6 Å². The second-order valence-electron chi connectivity index (χ2n) is 26.1. The second-order valence-corrected chi connectivity index (χ2v) is 28.6. The Labute approximate surface area is 563 Å². The van der Waals surface area contributed by atoms with E-state index < -0.39 is 96.3 Å². The molecular weight excluding hydrogens is 1240 g/mol. The van der Waals surface area contributed by atoms with Crippen LogP contribution < -0.4 is 5.32 Å². The number of unbranched alkanes of at least 4 members (excludes halogenated alkanes) is 32. The van der Waals surface area contributed by atoms with Crippen LogP contribution in [-0.4, -0.2) is 170 Å². The summed E-state index contributed by atoms with van der Waals surface area (Å²) in [6.07, 6.45) is 35.4. The van der Waals surface area contributed by atoms with Crippen LogP contribution in [0.5, 0.6) is 0 Å². The van der Waals surface area contributed by atoms with Gasteiger partial charge in [0.15, 0.2) is 12.6 Å². The Morgan fingerprint density at radius 1 is 0.462 bits per heavy atom. The van der Waals surface area contributed by atoms with E-state index in [0.717, 1.165) is 135 Å². The van der Waals surface area contributed by atoms with Gasteiger partial charge in [-0.05, 0) is 64.2 Å². The van der Waals surface area contributed by atoms with Crippen LogP contribution in [0.15, 0.2) is 12.2 Å². The van der Waals surface area contributed by atoms with Crippen LogP contribution in [-0.2, 0) is 65.6 Å². The van der Waals surface area contributed by atoms with E-state index in [2.05, 4.69) is 45.2 Å². The summed E-state index contributed by atoms with van der Waals surface area (Å²) in [5.41, 5.74) is 0. The van der Waals surface area contributed by atoms with Gasteiger partial charge >= 0.3 is 15.6 Å². The molecule has 0 aromatic heterocycles. The molecule has 0 aliphatic carbocycles. The Morgan fingerprint density at radius 2 is 0.935 bits per heavy atom. The molecule has 12 atom stereocenters. The fourth-order valence-corrected chi connectivity index (χ4v) is 13.2. The summed E-state index contributed by atoms with van der Waals surface area (Å²) in [4.78, 5) is 54.1. The van der Waals surface area contributed by atoms with Gasteiger partial charge in [-0.2, -0.15) is 0 Å². The topological polar surface area (TPSA) is 286 Å². The van der Waals surface area contributed by atoms with E-state index in [1.807, 2.05) is 0 Å². The zero-order valence-electron chi connectivity index (χ0n) is 59.0. The Kier molecular flexibility index (Phi) is 54.7. The van der Waals surface area contributed by atoms with Crippen LogP contribution >= 0.6 is 15.6 Å². The lowest BCUT2D eigenvalue weighted by Gasteiger charge is -2.47. The summed E-state index contributed by atoms with van der Waals surface area (Å²) >= 11 is 0. The summed E-state index contributed by atoms with van der Waals surface area (Å²) in [6.45, 7) is 7.66. The fraction of sp³-hybridized carbons (Fsp3) is 0.957. The molecule has 0 bridgehead atoms. The molecule has 0 spiro atoms. The van der Waals surface area contributed by atoms with Crippen LogP contribution in [0.4, 0.5) is 0 Å². The third-order valence-electron chi connectivity index (χ3n) is 17.8. The fourth-order valence-electron chi connectivity index (χ4n) is 12.3. The molecule has 93 heavy (non-hydrogen) atoms. The van der Waals surface area contributed by atoms with Gasteiger partial charge in [-0.15, -0.1) is 0 Å². The van der Waals surface area contributed by atoms with Crippen LogP contribution in [0.2, 0.25) is 0 Å². The van der Waals surface area contributed by atoms with E-state index in [4.69, 9.17) is 51.7 Å². The predicted octanol–water partition coefficient (Wildman–Crippen LogP) is 15.1. The number of amides is 1. The molecule has 0 unspecified atom stereocenters. The SMILES string of the molecule is CCCCCC/C=C\CCCCCCCCCC(=O)N[C@H]1[C@H](OC[C@H]2O[C@H](OCCOP(=O)(O)O)[C@H](OCC[C@H](O)CCCCCCCCCCC)[C@@H](OCCCCCCCCCCCC)[C@@H]2O)O[C@H](COC)[C@@H](OP(=O)(O)O)[C@@H]1OCC[C@@H](CCCCCCC)OC. The van der Waals surface area contributed by atoms with Gasteiger partial charge in [0.05, 0.1) is 38.6 Å². The molecule has 552 valence electrons. The number of carbonyl (C=O) groups excluding carboxylic acids is 1. The molecular formula is C70H137NO20P2.